The molecule has 0 amide bonds. The van der Waals surface area contributed by atoms with Crippen molar-refractivity contribution in [3.05, 3.63) is 47.8 Å². The Kier molecular flexibility index (Phi) is 3.79. The zero-order valence-electron chi connectivity index (χ0n) is 11.0. The average Bonchev–Trinajstić information content (AvgIpc) is 2.46. The number of aromatic nitrogens is 2. The minimum absolute atomic E-state index is 0.0691. The second-order valence-electron chi connectivity index (χ2n) is 4.26. The first-order valence-electron chi connectivity index (χ1n) is 5.87. The van der Waals surface area contributed by atoms with Gasteiger partial charge in [0.15, 0.2) is 0 Å². The van der Waals surface area contributed by atoms with Crippen LogP contribution in [0, 0.1) is 5.41 Å². The lowest BCUT2D eigenvalue weighted by atomic mass is 10.2. The van der Waals surface area contributed by atoms with Crippen molar-refractivity contribution in [2.24, 2.45) is 5.73 Å². The van der Waals surface area contributed by atoms with E-state index in [4.69, 9.17) is 11.1 Å². The SMILES string of the molecule is CN(c1ccc(C(=N)N)cc1)c1nccc(C(F)(F)F)n1. The van der Waals surface area contributed by atoms with Gasteiger partial charge in [0.05, 0.1) is 0 Å². The van der Waals surface area contributed by atoms with Crippen LogP contribution in [0.4, 0.5) is 24.8 Å². The van der Waals surface area contributed by atoms with Gasteiger partial charge in [0, 0.05) is 24.5 Å². The molecule has 3 N–H and O–H groups in total. The number of nitrogens with one attached hydrogen (secondary N) is 1. The first kappa shape index (κ1) is 14.8. The highest BCUT2D eigenvalue weighted by molar-refractivity contribution is 5.95. The third-order valence-electron chi connectivity index (χ3n) is 2.80. The summed E-state index contributed by atoms with van der Waals surface area (Å²) in [6.07, 6.45) is -3.46. The number of nitrogens with zero attached hydrogens (tertiary/aromatic N) is 3. The summed E-state index contributed by atoms with van der Waals surface area (Å²) in [5.41, 5.74) is 5.45. The molecule has 0 atom stereocenters. The fourth-order valence-corrected chi connectivity index (χ4v) is 1.65. The van der Waals surface area contributed by atoms with Gasteiger partial charge in [-0.2, -0.15) is 13.2 Å². The van der Waals surface area contributed by atoms with E-state index in [1.807, 2.05) is 0 Å². The van der Waals surface area contributed by atoms with Crippen LogP contribution in [0.1, 0.15) is 11.3 Å². The molecule has 0 radical (unpaired) electrons. The monoisotopic (exact) mass is 295 g/mol. The van der Waals surface area contributed by atoms with Crippen LogP contribution in [0.3, 0.4) is 0 Å². The number of hydrogen-bond donors (Lipinski definition) is 2. The van der Waals surface area contributed by atoms with Crippen molar-refractivity contribution in [3.63, 3.8) is 0 Å². The normalized spacial score (nSPS) is 11.2. The smallest absolute Gasteiger partial charge is 0.384 e. The van der Waals surface area contributed by atoms with E-state index in [2.05, 4.69) is 9.97 Å². The summed E-state index contributed by atoms with van der Waals surface area (Å²) in [6, 6.07) is 7.26. The maximum absolute atomic E-state index is 12.6. The van der Waals surface area contributed by atoms with Gasteiger partial charge in [-0.15, -0.1) is 0 Å². The predicted octanol–water partition coefficient (Wildman–Crippen LogP) is 2.55. The Morgan fingerprint density at radius 2 is 1.81 bits per heavy atom. The highest BCUT2D eigenvalue weighted by atomic mass is 19.4. The van der Waals surface area contributed by atoms with E-state index >= 15 is 0 Å². The van der Waals surface area contributed by atoms with E-state index < -0.39 is 11.9 Å². The van der Waals surface area contributed by atoms with Crippen LogP contribution in [0.15, 0.2) is 36.5 Å². The van der Waals surface area contributed by atoms with Gasteiger partial charge >= 0.3 is 6.18 Å². The topological polar surface area (TPSA) is 78.9 Å². The number of nitrogens with two attached hydrogens (primary N) is 1. The molecule has 1 aromatic heterocycles. The Bertz CT molecular complexity index is 652. The van der Waals surface area contributed by atoms with Crippen molar-refractivity contribution in [1.29, 1.82) is 5.41 Å². The molecular weight excluding hydrogens is 283 g/mol. The molecule has 0 saturated heterocycles. The van der Waals surface area contributed by atoms with Crippen LogP contribution >= 0.6 is 0 Å². The summed E-state index contributed by atoms with van der Waals surface area (Å²) >= 11 is 0. The minimum atomic E-state index is -4.52. The van der Waals surface area contributed by atoms with Crippen molar-refractivity contribution >= 4 is 17.5 Å². The molecule has 0 aliphatic carbocycles. The molecule has 2 rings (SSSR count). The van der Waals surface area contributed by atoms with Gasteiger partial charge in [-0.1, -0.05) is 0 Å². The van der Waals surface area contributed by atoms with Gasteiger partial charge in [0.25, 0.3) is 0 Å². The van der Waals surface area contributed by atoms with Gasteiger partial charge in [-0.3, -0.25) is 5.41 Å². The molecule has 0 fully saturated rings. The molecule has 110 valence electrons. The summed E-state index contributed by atoms with van der Waals surface area (Å²) in [5.74, 6) is -0.153. The van der Waals surface area contributed by atoms with Crippen LogP contribution in [0.2, 0.25) is 0 Å². The molecule has 2 aromatic rings. The fourth-order valence-electron chi connectivity index (χ4n) is 1.65. The van der Waals surface area contributed by atoms with Crippen LogP contribution in [0.5, 0.6) is 0 Å². The zero-order chi connectivity index (χ0) is 15.6. The van der Waals surface area contributed by atoms with Gasteiger partial charge in [-0.25, -0.2) is 9.97 Å². The van der Waals surface area contributed by atoms with Crippen LogP contribution in [-0.2, 0) is 6.18 Å². The third-order valence-corrected chi connectivity index (χ3v) is 2.80. The van der Waals surface area contributed by atoms with E-state index in [-0.39, 0.29) is 11.8 Å². The maximum Gasteiger partial charge on any atom is 0.433 e. The summed E-state index contributed by atoms with van der Waals surface area (Å²) in [7, 11) is 1.55. The second-order valence-corrected chi connectivity index (χ2v) is 4.26. The average molecular weight is 295 g/mol. The van der Waals surface area contributed by atoms with Gasteiger partial charge < -0.3 is 10.6 Å². The minimum Gasteiger partial charge on any atom is -0.384 e. The van der Waals surface area contributed by atoms with E-state index in [0.29, 0.717) is 11.3 Å². The van der Waals surface area contributed by atoms with Crippen molar-refractivity contribution in [3.8, 4) is 0 Å². The fraction of sp³-hybridized carbons (Fsp3) is 0.154. The molecule has 8 heteroatoms. The van der Waals surface area contributed by atoms with Crippen molar-refractivity contribution in [1.82, 2.24) is 9.97 Å². The molecule has 5 nitrogen and oxygen atoms in total. The second kappa shape index (κ2) is 5.39. The highest BCUT2D eigenvalue weighted by Crippen LogP contribution is 2.29. The Labute approximate surface area is 118 Å². The molecule has 0 unspecified atom stereocenters. The molecule has 21 heavy (non-hydrogen) atoms. The van der Waals surface area contributed by atoms with E-state index in [9.17, 15) is 13.2 Å². The molecule has 0 saturated carbocycles. The van der Waals surface area contributed by atoms with Crippen molar-refractivity contribution < 1.29 is 13.2 Å². The molecule has 0 aliphatic rings. The van der Waals surface area contributed by atoms with E-state index in [1.165, 1.54) is 4.90 Å². The van der Waals surface area contributed by atoms with E-state index in [0.717, 1.165) is 12.3 Å². The molecular formula is C13H12F3N5. The van der Waals surface area contributed by atoms with Gasteiger partial charge in [0.1, 0.15) is 11.5 Å². The number of anilines is 2. The lowest BCUT2D eigenvalue weighted by Crippen LogP contribution is -2.17. The maximum atomic E-state index is 12.6. The zero-order valence-corrected chi connectivity index (χ0v) is 11.0. The number of hydrogen-bond acceptors (Lipinski definition) is 4. The van der Waals surface area contributed by atoms with Gasteiger partial charge in [0.2, 0.25) is 5.95 Å². The van der Waals surface area contributed by atoms with Gasteiger partial charge in [-0.05, 0) is 30.3 Å². The number of amidine groups is 1. The summed E-state index contributed by atoms with van der Waals surface area (Å²) in [5, 5.41) is 7.29. The predicted molar refractivity (Wildman–Crippen MR) is 72.6 cm³/mol. The quantitative estimate of drug-likeness (QED) is 0.673. The van der Waals surface area contributed by atoms with Crippen LogP contribution in [-0.4, -0.2) is 22.9 Å². The Hall–Kier alpha value is -2.64. The number of alkyl halides is 3. The Morgan fingerprint density at radius 1 is 1.19 bits per heavy atom. The third kappa shape index (κ3) is 3.28. The summed E-state index contributed by atoms with van der Waals surface area (Å²) in [6.45, 7) is 0. The van der Waals surface area contributed by atoms with Crippen molar-refractivity contribution in [2.75, 3.05) is 11.9 Å². The van der Waals surface area contributed by atoms with E-state index in [1.54, 1.807) is 31.3 Å². The van der Waals surface area contributed by atoms with Crippen LogP contribution in [0.25, 0.3) is 0 Å². The standard InChI is InChI=1S/C13H12F3N5/c1-21(9-4-2-8(3-5-9)11(17)18)12-19-7-6-10(20-12)13(14,15)16/h2-7H,1H3,(H3,17,18). The molecule has 0 spiro atoms. The molecule has 1 heterocycles. The Balaban J connectivity index is 2.31. The highest BCUT2D eigenvalue weighted by Gasteiger charge is 2.33. The lowest BCUT2D eigenvalue weighted by molar-refractivity contribution is -0.141. The lowest BCUT2D eigenvalue weighted by Gasteiger charge is -2.18. The molecule has 0 aliphatic heterocycles. The molecule has 0 bridgehead atoms. The van der Waals surface area contributed by atoms with Crippen LogP contribution < -0.4 is 10.6 Å². The summed E-state index contributed by atoms with van der Waals surface area (Å²) < 4.78 is 37.9. The molecule has 1 aromatic carbocycles. The number of rotatable bonds is 3. The number of benzene rings is 1. The summed E-state index contributed by atoms with van der Waals surface area (Å²) in [4.78, 5) is 8.75. The first-order chi connectivity index (χ1) is 9.79. The largest absolute Gasteiger partial charge is 0.433 e. The number of nitrogen functional groups attached to an aromatic ring is 1. The Morgan fingerprint density at radius 3 is 2.33 bits per heavy atom. The van der Waals surface area contributed by atoms with Crippen molar-refractivity contribution in [2.45, 2.75) is 6.18 Å². The first-order valence-corrected chi connectivity index (χ1v) is 5.87. The number of halogens is 3.